The second-order valence-electron chi connectivity index (χ2n) is 8.05. The fraction of sp³-hybridized carbons (Fsp3) is 0.545. The molecule has 1 N–H and O–H groups in total. The van der Waals surface area contributed by atoms with Crippen molar-refractivity contribution in [1.29, 1.82) is 0 Å². The number of nitrogens with one attached hydrogen (secondary N) is 1. The van der Waals surface area contributed by atoms with Gasteiger partial charge >= 0.3 is 0 Å². The highest BCUT2D eigenvalue weighted by Gasteiger charge is 2.31. The summed E-state index contributed by atoms with van der Waals surface area (Å²) in [6.07, 6.45) is 6.32. The Morgan fingerprint density at radius 2 is 2.07 bits per heavy atom. The Balaban J connectivity index is 1.38. The van der Waals surface area contributed by atoms with E-state index in [4.69, 9.17) is 4.74 Å². The number of hydrogen-bond acceptors (Lipinski definition) is 4. The van der Waals surface area contributed by atoms with Gasteiger partial charge in [0.05, 0.1) is 6.61 Å². The minimum atomic E-state index is 0.0138. The SMILES string of the molecule is COCCN(CC1CCCN(C2Cc3ccccc3C2)C1)C(=O)c1ccn[nH]1. The number of piperidine rings is 1. The van der Waals surface area contributed by atoms with Crippen molar-refractivity contribution >= 4 is 5.91 Å². The van der Waals surface area contributed by atoms with Gasteiger partial charge in [-0.3, -0.25) is 14.8 Å². The maximum atomic E-state index is 12.9. The second-order valence-corrected chi connectivity index (χ2v) is 8.05. The maximum Gasteiger partial charge on any atom is 0.271 e. The van der Waals surface area contributed by atoms with E-state index in [2.05, 4.69) is 39.4 Å². The molecule has 2 aliphatic rings. The van der Waals surface area contributed by atoms with Gasteiger partial charge in [-0.15, -0.1) is 0 Å². The van der Waals surface area contributed by atoms with Crippen molar-refractivity contribution in [3.05, 3.63) is 53.3 Å². The van der Waals surface area contributed by atoms with Crippen molar-refractivity contribution in [2.75, 3.05) is 39.9 Å². The Bertz CT molecular complexity index is 752. The molecule has 1 aliphatic carbocycles. The zero-order valence-corrected chi connectivity index (χ0v) is 16.6. The Morgan fingerprint density at radius 3 is 2.75 bits per heavy atom. The van der Waals surface area contributed by atoms with Gasteiger partial charge in [0.1, 0.15) is 5.69 Å². The number of carbonyl (C=O) groups is 1. The smallest absolute Gasteiger partial charge is 0.271 e. The number of fused-ring (bicyclic) bond motifs is 1. The summed E-state index contributed by atoms with van der Waals surface area (Å²) < 4.78 is 5.24. The first kappa shape index (κ1) is 19.2. The number of rotatable bonds is 7. The van der Waals surface area contributed by atoms with Gasteiger partial charge in [-0.25, -0.2) is 0 Å². The lowest BCUT2D eigenvalue weighted by molar-refractivity contribution is 0.0568. The summed E-state index contributed by atoms with van der Waals surface area (Å²) in [6.45, 7) is 4.17. The third-order valence-corrected chi connectivity index (χ3v) is 6.16. The van der Waals surface area contributed by atoms with Crippen LogP contribution in [-0.2, 0) is 17.6 Å². The number of methoxy groups -OCH3 is 1. The summed E-state index contributed by atoms with van der Waals surface area (Å²) >= 11 is 0. The molecular formula is C22H30N4O2. The molecule has 0 radical (unpaired) electrons. The minimum absolute atomic E-state index is 0.0138. The number of amides is 1. The maximum absolute atomic E-state index is 12.9. The number of carbonyl (C=O) groups excluding carboxylic acids is 1. The van der Waals surface area contributed by atoms with Crippen LogP contribution in [-0.4, -0.2) is 71.8 Å². The lowest BCUT2D eigenvalue weighted by Crippen LogP contribution is -2.47. The summed E-state index contributed by atoms with van der Waals surface area (Å²) in [4.78, 5) is 17.4. The van der Waals surface area contributed by atoms with Crippen LogP contribution in [0.1, 0.15) is 34.5 Å². The van der Waals surface area contributed by atoms with Gasteiger partial charge in [0.15, 0.2) is 0 Å². The molecule has 150 valence electrons. The van der Waals surface area contributed by atoms with E-state index in [1.807, 2.05) is 4.90 Å². The third kappa shape index (κ3) is 4.28. The molecule has 1 saturated heterocycles. The summed E-state index contributed by atoms with van der Waals surface area (Å²) in [6, 6.07) is 11.2. The van der Waals surface area contributed by atoms with Crippen LogP contribution >= 0.6 is 0 Å². The molecule has 4 rings (SSSR count). The number of aromatic amines is 1. The Kier molecular flexibility index (Phi) is 6.07. The summed E-state index contributed by atoms with van der Waals surface area (Å²) in [5.41, 5.74) is 3.56. The molecule has 1 aromatic carbocycles. The molecule has 0 spiro atoms. The number of hydrogen-bond donors (Lipinski definition) is 1. The van der Waals surface area contributed by atoms with Crippen LogP contribution in [0.4, 0.5) is 0 Å². The van der Waals surface area contributed by atoms with Crippen molar-refractivity contribution in [3.63, 3.8) is 0 Å². The molecular weight excluding hydrogens is 352 g/mol. The monoisotopic (exact) mass is 382 g/mol. The normalized spacial score (nSPS) is 20.2. The van der Waals surface area contributed by atoms with Gasteiger partial charge in [0, 0.05) is 39.0 Å². The number of ether oxygens (including phenoxy) is 1. The average Bonchev–Trinajstić information content (AvgIpc) is 3.40. The summed E-state index contributed by atoms with van der Waals surface area (Å²) in [5.74, 6) is 0.515. The number of aromatic nitrogens is 2. The van der Waals surface area contributed by atoms with E-state index in [1.54, 1.807) is 19.4 Å². The summed E-state index contributed by atoms with van der Waals surface area (Å²) in [5, 5.41) is 6.73. The van der Waals surface area contributed by atoms with Gasteiger partial charge < -0.3 is 9.64 Å². The van der Waals surface area contributed by atoms with Gasteiger partial charge in [0.2, 0.25) is 0 Å². The predicted octanol–water partition coefficient (Wildman–Crippen LogP) is 2.38. The highest BCUT2D eigenvalue weighted by Crippen LogP contribution is 2.29. The molecule has 1 aliphatic heterocycles. The molecule has 1 amide bonds. The fourth-order valence-corrected chi connectivity index (χ4v) is 4.71. The quantitative estimate of drug-likeness (QED) is 0.799. The van der Waals surface area contributed by atoms with Crippen molar-refractivity contribution in [3.8, 4) is 0 Å². The van der Waals surface area contributed by atoms with E-state index >= 15 is 0 Å². The first-order valence-electron chi connectivity index (χ1n) is 10.3. The number of H-pyrrole nitrogens is 1. The molecule has 2 aromatic rings. The van der Waals surface area contributed by atoms with Gasteiger partial charge in [-0.05, 0) is 55.3 Å². The van der Waals surface area contributed by atoms with E-state index < -0.39 is 0 Å². The predicted molar refractivity (Wildman–Crippen MR) is 108 cm³/mol. The van der Waals surface area contributed by atoms with Crippen LogP contribution in [0.2, 0.25) is 0 Å². The number of likely N-dealkylation sites (tertiary alicyclic amines) is 1. The molecule has 2 heterocycles. The zero-order valence-electron chi connectivity index (χ0n) is 16.6. The van der Waals surface area contributed by atoms with Gasteiger partial charge in [-0.1, -0.05) is 24.3 Å². The first-order chi connectivity index (χ1) is 13.7. The van der Waals surface area contributed by atoms with E-state index in [0.29, 0.717) is 30.8 Å². The van der Waals surface area contributed by atoms with Crippen LogP contribution in [0.3, 0.4) is 0 Å². The lowest BCUT2D eigenvalue weighted by Gasteiger charge is -2.38. The van der Waals surface area contributed by atoms with Crippen LogP contribution < -0.4 is 0 Å². The second kappa shape index (κ2) is 8.88. The van der Waals surface area contributed by atoms with Crippen molar-refractivity contribution < 1.29 is 9.53 Å². The Labute approximate surface area is 166 Å². The average molecular weight is 383 g/mol. The topological polar surface area (TPSA) is 61.5 Å². The van der Waals surface area contributed by atoms with E-state index in [-0.39, 0.29) is 5.91 Å². The number of nitrogens with zero attached hydrogens (tertiary/aromatic N) is 3. The molecule has 1 unspecified atom stereocenters. The molecule has 1 atom stereocenters. The number of benzene rings is 1. The molecule has 6 heteroatoms. The van der Waals surface area contributed by atoms with Crippen LogP contribution in [0, 0.1) is 5.92 Å². The third-order valence-electron chi connectivity index (χ3n) is 6.16. The summed E-state index contributed by atoms with van der Waals surface area (Å²) in [7, 11) is 1.68. The van der Waals surface area contributed by atoms with Crippen molar-refractivity contribution in [2.45, 2.75) is 31.7 Å². The first-order valence-corrected chi connectivity index (χ1v) is 10.3. The highest BCUT2D eigenvalue weighted by atomic mass is 16.5. The lowest BCUT2D eigenvalue weighted by atomic mass is 9.95. The van der Waals surface area contributed by atoms with Crippen LogP contribution in [0.15, 0.2) is 36.5 Å². The zero-order chi connectivity index (χ0) is 19.3. The Morgan fingerprint density at radius 1 is 1.29 bits per heavy atom. The molecule has 0 bridgehead atoms. The molecule has 6 nitrogen and oxygen atoms in total. The Hall–Kier alpha value is -2.18. The molecule has 1 fully saturated rings. The van der Waals surface area contributed by atoms with Crippen LogP contribution in [0.5, 0.6) is 0 Å². The molecule has 28 heavy (non-hydrogen) atoms. The van der Waals surface area contributed by atoms with Gasteiger partial charge in [-0.2, -0.15) is 5.10 Å². The van der Waals surface area contributed by atoms with Gasteiger partial charge in [0.25, 0.3) is 5.91 Å². The standard InChI is InChI=1S/C22H30N4O2/c1-28-12-11-26(22(27)21-8-9-23-24-21)16-17-5-4-10-25(15-17)20-13-18-6-2-3-7-19(18)14-20/h2-3,6-9,17,20H,4-5,10-16H2,1H3,(H,23,24). The van der Waals surface area contributed by atoms with Crippen LogP contribution in [0.25, 0.3) is 0 Å². The molecule has 0 saturated carbocycles. The van der Waals surface area contributed by atoms with Crippen molar-refractivity contribution in [2.24, 2.45) is 5.92 Å². The van der Waals surface area contributed by atoms with E-state index in [9.17, 15) is 4.79 Å². The van der Waals surface area contributed by atoms with Crippen molar-refractivity contribution in [1.82, 2.24) is 20.0 Å². The fourth-order valence-electron chi connectivity index (χ4n) is 4.71. The minimum Gasteiger partial charge on any atom is -0.383 e. The van der Waals surface area contributed by atoms with E-state index in [0.717, 1.165) is 25.9 Å². The van der Waals surface area contributed by atoms with E-state index in [1.165, 1.54) is 30.5 Å². The largest absolute Gasteiger partial charge is 0.383 e. The highest BCUT2D eigenvalue weighted by molar-refractivity contribution is 5.92. The molecule has 1 aromatic heterocycles.